The van der Waals surface area contributed by atoms with Gasteiger partial charge in [0.1, 0.15) is 0 Å². The van der Waals surface area contributed by atoms with E-state index in [0.29, 0.717) is 12.5 Å². The van der Waals surface area contributed by atoms with Crippen LogP contribution in [0.3, 0.4) is 0 Å². The quantitative estimate of drug-likeness (QED) is 0.815. The number of rotatable bonds is 5. The van der Waals surface area contributed by atoms with E-state index in [4.69, 9.17) is 23.2 Å². The summed E-state index contributed by atoms with van der Waals surface area (Å²) in [6, 6.07) is 1.22. The molecule has 0 amide bonds. The fourth-order valence-electron chi connectivity index (χ4n) is 1.35. The fourth-order valence-corrected chi connectivity index (χ4v) is 1.92. The van der Waals surface area contributed by atoms with Crippen LogP contribution in [0.15, 0.2) is 12.3 Å². The lowest BCUT2D eigenvalue weighted by molar-refractivity contribution is 0.570. The second-order valence-electron chi connectivity index (χ2n) is 4.09. The molecule has 1 aromatic heterocycles. The van der Waals surface area contributed by atoms with E-state index in [2.05, 4.69) is 24.1 Å². The van der Waals surface area contributed by atoms with Crippen LogP contribution in [0.25, 0.3) is 0 Å². The molecule has 0 aliphatic heterocycles. The van der Waals surface area contributed by atoms with Crippen LogP contribution >= 0.6 is 23.2 Å². The van der Waals surface area contributed by atoms with E-state index in [1.165, 1.54) is 12.3 Å². The molecule has 0 saturated heterocycles. The van der Waals surface area contributed by atoms with Crippen LogP contribution in [0.2, 0.25) is 5.02 Å². The van der Waals surface area contributed by atoms with Gasteiger partial charge in [-0.05, 0) is 18.4 Å². The number of pyridine rings is 1. The molecule has 0 radical (unpaired) electrons. The lowest BCUT2D eigenvalue weighted by Gasteiger charge is -2.13. The number of alkyl halides is 1. The molecule has 1 rings (SSSR count). The largest absolute Gasteiger partial charge is 0.366 e. The van der Waals surface area contributed by atoms with E-state index in [0.717, 1.165) is 6.42 Å². The number of nitrogens with zero attached hydrogens (tertiary/aromatic N) is 1. The summed E-state index contributed by atoms with van der Waals surface area (Å²) in [7, 11) is 0. The lowest BCUT2D eigenvalue weighted by Crippen LogP contribution is -2.17. The highest BCUT2D eigenvalue weighted by atomic mass is 35.5. The van der Waals surface area contributed by atoms with Crippen LogP contribution in [-0.2, 0) is 0 Å². The number of anilines is 1. The zero-order chi connectivity index (χ0) is 12.1. The van der Waals surface area contributed by atoms with Crippen LogP contribution in [0.5, 0.6) is 0 Å². The summed E-state index contributed by atoms with van der Waals surface area (Å²) in [5, 5.41) is 3.12. The predicted molar refractivity (Wildman–Crippen MR) is 66.8 cm³/mol. The van der Waals surface area contributed by atoms with Gasteiger partial charge in [0.15, 0.2) is 11.6 Å². The highest BCUT2D eigenvalue weighted by molar-refractivity contribution is 6.30. The normalized spacial score (nSPS) is 12.9. The number of hydrogen-bond acceptors (Lipinski definition) is 2. The van der Waals surface area contributed by atoms with Crippen LogP contribution in [-0.4, -0.2) is 16.9 Å². The summed E-state index contributed by atoms with van der Waals surface area (Å²) < 4.78 is 13.3. The van der Waals surface area contributed by atoms with Gasteiger partial charge in [0.25, 0.3) is 0 Å². The zero-order valence-corrected chi connectivity index (χ0v) is 10.8. The standard InChI is InChI=1S/C11H15Cl2FN2/c1-7(2)3-8(12)5-15-11-10(14)4-9(13)6-16-11/h4,6-8H,3,5H2,1-2H3,(H,15,16). The Morgan fingerprint density at radius 3 is 2.75 bits per heavy atom. The van der Waals surface area contributed by atoms with Gasteiger partial charge in [-0.25, -0.2) is 9.37 Å². The van der Waals surface area contributed by atoms with E-state index in [1.54, 1.807) is 0 Å². The van der Waals surface area contributed by atoms with Gasteiger partial charge in [0.05, 0.1) is 10.4 Å². The van der Waals surface area contributed by atoms with E-state index in [-0.39, 0.29) is 16.2 Å². The van der Waals surface area contributed by atoms with Gasteiger partial charge in [-0.2, -0.15) is 0 Å². The Hall–Kier alpha value is -0.540. The monoisotopic (exact) mass is 264 g/mol. The van der Waals surface area contributed by atoms with E-state index < -0.39 is 5.82 Å². The average Bonchev–Trinajstić information content (AvgIpc) is 2.15. The molecule has 16 heavy (non-hydrogen) atoms. The minimum absolute atomic E-state index is 0.0307. The zero-order valence-electron chi connectivity index (χ0n) is 9.30. The first kappa shape index (κ1) is 13.5. The first-order valence-corrected chi connectivity index (χ1v) is 5.99. The second-order valence-corrected chi connectivity index (χ2v) is 5.15. The van der Waals surface area contributed by atoms with Crippen molar-refractivity contribution < 1.29 is 4.39 Å². The molecule has 0 saturated carbocycles. The van der Waals surface area contributed by atoms with Crippen LogP contribution in [0.1, 0.15) is 20.3 Å². The Morgan fingerprint density at radius 1 is 1.50 bits per heavy atom. The third-order valence-corrected chi connectivity index (χ3v) is 2.57. The van der Waals surface area contributed by atoms with Crippen molar-refractivity contribution >= 4 is 29.0 Å². The number of halogens is 3. The highest BCUT2D eigenvalue weighted by Gasteiger charge is 2.09. The number of aromatic nitrogens is 1. The van der Waals surface area contributed by atoms with E-state index >= 15 is 0 Å². The predicted octanol–water partition coefficient (Wildman–Crippen LogP) is 3.94. The first-order chi connectivity index (χ1) is 7.49. The molecule has 0 aliphatic rings. The van der Waals surface area contributed by atoms with Crippen LogP contribution < -0.4 is 5.32 Å². The average molecular weight is 265 g/mol. The van der Waals surface area contributed by atoms with Crippen LogP contribution in [0, 0.1) is 11.7 Å². The summed E-state index contributed by atoms with van der Waals surface area (Å²) in [5.74, 6) is 0.257. The maximum Gasteiger partial charge on any atom is 0.166 e. The summed E-state index contributed by atoms with van der Waals surface area (Å²) in [6.45, 7) is 4.68. The molecule has 0 spiro atoms. The molecule has 1 N–H and O–H groups in total. The van der Waals surface area contributed by atoms with Crippen LogP contribution in [0.4, 0.5) is 10.2 Å². The van der Waals surface area contributed by atoms with Crippen molar-refractivity contribution in [2.24, 2.45) is 5.92 Å². The topological polar surface area (TPSA) is 24.9 Å². The molecule has 1 atom stereocenters. The molecule has 5 heteroatoms. The van der Waals surface area contributed by atoms with Crippen molar-refractivity contribution in [1.82, 2.24) is 4.98 Å². The van der Waals surface area contributed by atoms with Crippen molar-refractivity contribution in [3.63, 3.8) is 0 Å². The van der Waals surface area contributed by atoms with Gasteiger partial charge in [-0.1, -0.05) is 25.4 Å². The molecule has 0 aromatic carbocycles. The third-order valence-electron chi connectivity index (χ3n) is 2.03. The molecular weight excluding hydrogens is 250 g/mol. The van der Waals surface area contributed by atoms with Crippen molar-refractivity contribution in [2.45, 2.75) is 25.6 Å². The molecule has 0 fully saturated rings. The molecule has 2 nitrogen and oxygen atoms in total. The van der Waals surface area contributed by atoms with E-state index in [9.17, 15) is 4.39 Å². The number of hydrogen-bond donors (Lipinski definition) is 1. The van der Waals surface area contributed by atoms with Gasteiger partial charge in [-0.3, -0.25) is 0 Å². The minimum Gasteiger partial charge on any atom is -0.366 e. The van der Waals surface area contributed by atoms with Gasteiger partial charge in [0, 0.05) is 12.7 Å². The Labute approximate surface area is 105 Å². The van der Waals surface area contributed by atoms with E-state index in [1.807, 2.05) is 0 Å². The molecule has 1 aromatic rings. The molecule has 0 aliphatic carbocycles. The SMILES string of the molecule is CC(C)CC(Cl)CNc1ncc(Cl)cc1F. The summed E-state index contributed by atoms with van der Waals surface area (Å²) in [5.41, 5.74) is 0. The lowest BCUT2D eigenvalue weighted by atomic mass is 10.1. The van der Waals surface area contributed by atoms with Crippen molar-refractivity contribution in [2.75, 3.05) is 11.9 Å². The molecular formula is C11H15Cl2FN2. The molecule has 1 heterocycles. The Bertz CT molecular complexity index is 345. The maximum atomic E-state index is 13.3. The summed E-state index contributed by atoms with van der Waals surface area (Å²) in [4.78, 5) is 3.85. The number of nitrogens with one attached hydrogen (secondary N) is 1. The van der Waals surface area contributed by atoms with Crippen molar-refractivity contribution in [3.8, 4) is 0 Å². The smallest absolute Gasteiger partial charge is 0.166 e. The summed E-state index contributed by atoms with van der Waals surface area (Å²) in [6.07, 6.45) is 2.28. The Balaban J connectivity index is 2.48. The molecule has 0 bridgehead atoms. The Kier molecular flexibility index (Phi) is 5.29. The minimum atomic E-state index is -0.457. The Morgan fingerprint density at radius 2 is 2.19 bits per heavy atom. The van der Waals surface area contributed by atoms with Gasteiger partial charge >= 0.3 is 0 Å². The van der Waals surface area contributed by atoms with Gasteiger partial charge in [0.2, 0.25) is 0 Å². The second kappa shape index (κ2) is 6.26. The van der Waals surface area contributed by atoms with Gasteiger partial charge < -0.3 is 5.32 Å². The fraction of sp³-hybridized carbons (Fsp3) is 0.545. The molecule has 90 valence electrons. The van der Waals surface area contributed by atoms with Crippen molar-refractivity contribution in [1.29, 1.82) is 0 Å². The van der Waals surface area contributed by atoms with Gasteiger partial charge in [-0.15, -0.1) is 11.6 Å². The molecule has 1 unspecified atom stereocenters. The highest BCUT2D eigenvalue weighted by Crippen LogP contribution is 2.17. The maximum absolute atomic E-state index is 13.3. The van der Waals surface area contributed by atoms with Crippen molar-refractivity contribution in [3.05, 3.63) is 23.1 Å². The first-order valence-electron chi connectivity index (χ1n) is 5.18. The summed E-state index contributed by atoms with van der Waals surface area (Å²) >= 11 is 11.7. The third kappa shape index (κ3) is 4.54.